The van der Waals surface area contributed by atoms with Crippen LogP contribution in [-0.4, -0.2) is 57.9 Å². The van der Waals surface area contributed by atoms with Crippen molar-refractivity contribution in [3.8, 4) is 5.75 Å². The predicted molar refractivity (Wildman–Crippen MR) is 166 cm³/mol. The van der Waals surface area contributed by atoms with Crippen molar-refractivity contribution in [2.75, 3.05) is 4.90 Å². The number of carbonyl (C=O) groups excluding carboxylic acids is 1. The van der Waals surface area contributed by atoms with E-state index in [2.05, 4.69) is 83.8 Å². The van der Waals surface area contributed by atoms with Crippen molar-refractivity contribution in [2.45, 2.75) is 97.4 Å². The second kappa shape index (κ2) is 11.1. The van der Waals surface area contributed by atoms with Gasteiger partial charge in [0.1, 0.15) is 21.4 Å². The first-order valence-electron chi connectivity index (χ1n) is 14.3. The van der Waals surface area contributed by atoms with Crippen LogP contribution in [0.15, 0.2) is 53.7 Å². The lowest BCUT2D eigenvalue weighted by atomic mass is 9.78. The zero-order valence-electron chi connectivity index (χ0n) is 25.3. The molecule has 0 aromatic heterocycles. The zero-order valence-corrected chi connectivity index (χ0v) is 25.3. The highest BCUT2D eigenvalue weighted by Crippen LogP contribution is 2.39. The third-order valence-corrected chi connectivity index (χ3v) is 8.37. The molecule has 2 saturated heterocycles. The molecule has 0 spiro atoms. The lowest BCUT2D eigenvalue weighted by molar-refractivity contribution is 0.00578. The van der Waals surface area contributed by atoms with Crippen molar-refractivity contribution >= 4 is 39.9 Å². The summed E-state index contributed by atoms with van der Waals surface area (Å²) in [6.45, 7) is 17.0. The summed E-state index contributed by atoms with van der Waals surface area (Å²) in [5, 5.41) is 3.34. The molecule has 1 amide bonds. The van der Waals surface area contributed by atoms with E-state index >= 15 is 0 Å². The summed E-state index contributed by atoms with van der Waals surface area (Å²) >= 11 is 0. The maximum atomic E-state index is 13.4. The molecule has 0 aliphatic carbocycles. The molecule has 1 N–H and O–H groups in total. The average Bonchev–Trinajstić information content (AvgIpc) is 3.29. The van der Waals surface area contributed by atoms with E-state index in [1.807, 2.05) is 40.0 Å². The van der Waals surface area contributed by atoms with Gasteiger partial charge in [-0.05, 0) is 96.6 Å². The van der Waals surface area contributed by atoms with E-state index in [0.29, 0.717) is 11.3 Å². The highest BCUT2D eigenvalue weighted by molar-refractivity contribution is 6.62. The van der Waals surface area contributed by atoms with E-state index in [1.165, 1.54) is 16.8 Å². The van der Waals surface area contributed by atoms with Gasteiger partial charge in [-0.1, -0.05) is 30.7 Å². The summed E-state index contributed by atoms with van der Waals surface area (Å²) in [5.74, 6) is 0.660. The Morgan fingerprint density at radius 3 is 2.44 bits per heavy atom. The van der Waals surface area contributed by atoms with Crippen molar-refractivity contribution < 1.29 is 18.8 Å². The SMILES string of the molecule is BC(B)Oc1cccc(C(=O)NC2CC(C)N(c3cc(B4OC(C)(C)C(C)(C)O4)ccc3C)/C2=C(\C)CC)c1. The molecule has 2 aromatic rings. The number of amides is 1. The quantitative estimate of drug-likeness (QED) is 0.560. The number of anilines is 1. The number of hydrogen-bond acceptors (Lipinski definition) is 5. The van der Waals surface area contributed by atoms with Gasteiger partial charge in [-0.25, -0.2) is 0 Å². The summed E-state index contributed by atoms with van der Waals surface area (Å²) in [5.41, 5.74) is 5.54. The first-order chi connectivity index (χ1) is 18.2. The number of nitrogens with zero attached hydrogens (tertiary/aromatic N) is 1. The van der Waals surface area contributed by atoms with Gasteiger partial charge < -0.3 is 24.3 Å². The molecule has 2 fully saturated rings. The predicted octanol–water partition coefficient (Wildman–Crippen LogP) is 3.30. The van der Waals surface area contributed by atoms with Gasteiger partial charge in [0.2, 0.25) is 0 Å². The van der Waals surface area contributed by atoms with Crippen LogP contribution in [0.5, 0.6) is 5.75 Å². The smallest absolute Gasteiger partial charge is 0.494 e. The van der Waals surface area contributed by atoms with Gasteiger partial charge in [-0.3, -0.25) is 4.79 Å². The molecule has 206 valence electrons. The highest BCUT2D eigenvalue weighted by atomic mass is 16.7. The zero-order chi connectivity index (χ0) is 28.7. The van der Waals surface area contributed by atoms with Gasteiger partial charge in [0.05, 0.1) is 17.2 Å². The molecule has 2 atom stereocenters. The minimum Gasteiger partial charge on any atom is -0.508 e. The monoisotopic (exact) mass is 528 g/mol. The number of allylic oxidation sites excluding steroid dienone is 1. The molecule has 2 aliphatic rings. The molecule has 2 unspecified atom stereocenters. The largest absolute Gasteiger partial charge is 0.508 e. The highest BCUT2D eigenvalue weighted by Gasteiger charge is 2.52. The average molecular weight is 528 g/mol. The van der Waals surface area contributed by atoms with Crippen LogP contribution in [0.25, 0.3) is 0 Å². The van der Waals surface area contributed by atoms with Crippen LogP contribution in [0.1, 0.15) is 77.2 Å². The van der Waals surface area contributed by atoms with E-state index in [1.54, 1.807) is 0 Å². The second-order valence-corrected chi connectivity index (χ2v) is 12.3. The summed E-state index contributed by atoms with van der Waals surface area (Å²) in [6.07, 6.45) is 1.72. The summed E-state index contributed by atoms with van der Waals surface area (Å²) in [7, 11) is 3.54. The minimum atomic E-state index is -0.428. The molecular weight excluding hydrogens is 485 g/mol. The first kappa shape index (κ1) is 29.3. The maximum Gasteiger partial charge on any atom is 0.494 e. The Morgan fingerprint density at radius 2 is 1.82 bits per heavy atom. The Labute approximate surface area is 236 Å². The summed E-state index contributed by atoms with van der Waals surface area (Å²) < 4.78 is 18.6. The third-order valence-electron chi connectivity index (χ3n) is 8.37. The lowest BCUT2D eigenvalue weighted by Gasteiger charge is -2.32. The molecule has 0 bridgehead atoms. The number of nitrogens with one attached hydrogen (secondary N) is 1. The van der Waals surface area contributed by atoms with Gasteiger partial charge in [0, 0.05) is 28.9 Å². The van der Waals surface area contributed by atoms with E-state index in [-0.39, 0.29) is 23.9 Å². The Morgan fingerprint density at radius 1 is 1.15 bits per heavy atom. The number of aryl methyl sites for hydroxylation is 1. The Kier molecular flexibility index (Phi) is 8.35. The molecule has 39 heavy (non-hydrogen) atoms. The van der Waals surface area contributed by atoms with Crippen LogP contribution in [0.2, 0.25) is 0 Å². The molecule has 6 nitrogen and oxygen atoms in total. The Balaban J connectivity index is 1.64. The summed E-state index contributed by atoms with van der Waals surface area (Å²) in [6, 6.07) is 14.0. The number of hydrogen-bond donors (Lipinski definition) is 1. The van der Waals surface area contributed by atoms with Crippen LogP contribution in [0, 0.1) is 6.92 Å². The van der Waals surface area contributed by atoms with E-state index in [4.69, 9.17) is 14.0 Å². The maximum absolute atomic E-state index is 13.4. The number of rotatable bonds is 7. The molecule has 2 aromatic carbocycles. The van der Waals surface area contributed by atoms with Crippen molar-refractivity contribution in [1.29, 1.82) is 0 Å². The fourth-order valence-corrected chi connectivity index (χ4v) is 5.38. The second-order valence-electron chi connectivity index (χ2n) is 12.3. The van der Waals surface area contributed by atoms with Crippen LogP contribution in [0.3, 0.4) is 0 Å². The standard InChI is InChI=1S/C30H43B3N2O4/c1-9-18(2)26-24(34-27(36)21-11-10-12-23(16-21)37-28(31)32)15-20(4)35(26)25-17-22(14-13-19(25)3)33-38-29(5,6)30(7,8)39-33/h10-14,16-17,20,24,28H,9,15,31-32H2,1-8H3,(H,34,36)/b26-18+. The first-order valence-corrected chi connectivity index (χ1v) is 14.3. The third kappa shape index (κ3) is 5.95. The molecule has 9 heteroatoms. The van der Waals surface area contributed by atoms with E-state index < -0.39 is 18.3 Å². The Hall–Kier alpha value is -2.64. The van der Waals surface area contributed by atoms with Crippen LogP contribution in [-0.2, 0) is 9.31 Å². The number of benzene rings is 2. The van der Waals surface area contributed by atoms with Gasteiger partial charge in [-0.15, -0.1) is 0 Å². The fourth-order valence-electron chi connectivity index (χ4n) is 5.38. The van der Waals surface area contributed by atoms with Crippen molar-refractivity contribution in [2.24, 2.45) is 0 Å². The Bertz CT molecular complexity index is 1240. The van der Waals surface area contributed by atoms with Gasteiger partial charge in [-0.2, -0.15) is 0 Å². The molecule has 0 saturated carbocycles. The topological polar surface area (TPSA) is 60.0 Å². The lowest BCUT2D eigenvalue weighted by Crippen LogP contribution is -2.41. The number of ether oxygens (including phenoxy) is 1. The molecule has 2 aliphatic heterocycles. The minimum absolute atomic E-state index is 0.0467. The van der Waals surface area contributed by atoms with Crippen molar-refractivity contribution in [3.05, 3.63) is 64.9 Å². The van der Waals surface area contributed by atoms with Crippen LogP contribution >= 0.6 is 0 Å². The number of carbonyl (C=O) groups is 1. The summed E-state index contributed by atoms with van der Waals surface area (Å²) in [4.78, 5) is 15.8. The van der Waals surface area contributed by atoms with Gasteiger partial charge >= 0.3 is 7.12 Å². The van der Waals surface area contributed by atoms with Crippen LogP contribution < -0.4 is 20.4 Å². The molecule has 0 radical (unpaired) electrons. The van der Waals surface area contributed by atoms with Gasteiger partial charge in [0.25, 0.3) is 5.91 Å². The van der Waals surface area contributed by atoms with E-state index in [9.17, 15) is 4.79 Å². The molecule has 2 heterocycles. The van der Waals surface area contributed by atoms with Crippen molar-refractivity contribution in [1.82, 2.24) is 5.32 Å². The van der Waals surface area contributed by atoms with Crippen molar-refractivity contribution in [3.63, 3.8) is 0 Å². The van der Waals surface area contributed by atoms with Gasteiger partial charge in [0.15, 0.2) is 0 Å². The van der Waals surface area contributed by atoms with E-state index in [0.717, 1.165) is 24.0 Å². The van der Waals surface area contributed by atoms with Crippen LogP contribution in [0.4, 0.5) is 5.69 Å². The fraction of sp³-hybridized carbons (Fsp3) is 0.500. The molecular formula is C30H43B3N2O4. The normalized spacial score (nSPS) is 23.3. The molecule has 4 rings (SSSR count).